The normalized spacial score (nSPS) is 10.0. The molecule has 0 saturated heterocycles. The zero-order valence-corrected chi connectivity index (χ0v) is 11.0. The standard InChI is InChI=1S/C11H11N3O2S2/c1-8(9-3-2-5-17-9)14-16-7-10(15)13-11-12-4-6-18-11/h2-6,14H,1,7H2,(H,12,13,15). The van der Waals surface area contributed by atoms with Crippen LogP contribution >= 0.6 is 22.7 Å². The highest BCUT2D eigenvalue weighted by Crippen LogP contribution is 2.15. The second kappa shape index (κ2) is 6.29. The molecule has 0 atom stereocenters. The van der Waals surface area contributed by atoms with Crippen molar-refractivity contribution in [3.8, 4) is 0 Å². The van der Waals surface area contributed by atoms with Crippen molar-refractivity contribution in [1.29, 1.82) is 0 Å². The molecule has 0 bridgehead atoms. The number of nitrogens with zero attached hydrogens (tertiary/aromatic N) is 1. The van der Waals surface area contributed by atoms with E-state index in [9.17, 15) is 4.79 Å². The van der Waals surface area contributed by atoms with Crippen molar-refractivity contribution in [2.24, 2.45) is 0 Å². The van der Waals surface area contributed by atoms with Crippen molar-refractivity contribution >= 4 is 39.4 Å². The van der Waals surface area contributed by atoms with Crippen LogP contribution < -0.4 is 10.8 Å². The summed E-state index contributed by atoms with van der Waals surface area (Å²) >= 11 is 2.90. The molecule has 0 fully saturated rings. The number of carbonyl (C=O) groups excluding carboxylic acids is 1. The quantitative estimate of drug-likeness (QED) is 0.798. The second-order valence-corrected chi connectivity index (χ2v) is 5.07. The Morgan fingerprint density at radius 3 is 3.00 bits per heavy atom. The minimum absolute atomic E-state index is 0.107. The Kier molecular flexibility index (Phi) is 4.46. The van der Waals surface area contributed by atoms with Crippen LogP contribution in [0.5, 0.6) is 0 Å². The van der Waals surface area contributed by atoms with Crippen molar-refractivity contribution in [2.75, 3.05) is 11.9 Å². The number of amides is 1. The fraction of sp³-hybridized carbons (Fsp3) is 0.0909. The lowest BCUT2D eigenvalue weighted by Crippen LogP contribution is -2.23. The molecule has 0 unspecified atom stereocenters. The Morgan fingerprint density at radius 1 is 1.44 bits per heavy atom. The lowest BCUT2D eigenvalue weighted by Gasteiger charge is -2.07. The van der Waals surface area contributed by atoms with Gasteiger partial charge in [-0.2, -0.15) is 0 Å². The molecule has 18 heavy (non-hydrogen) atoms. The van der Waals surface area contributed by atoms with E-state index in [0.29, 0.717) is 10.8 Å². The van der Waals surface area contributed by atoms with E-state index in [4.69, 9.17) is 4.84 Å². The van der Waals surface area contributed by atoms with Gasteiger partial charge in [0, 0.05) is 11.6 Å². The number of nitrogens with one attached hydrogen (secondary N) is 2. The van der Waals surface area contributed by atoms with E-state index in [-0.39, 0.29) is 12.5 Å². The van der Waals surface area contributed by atoms with Gasteiger partial charge in [-0.3, -0.25) is 20.4 Å². The predicted octanol–water partition coefficient (Wildman–Crippen LogP) is 2.34. The van der Waals surface area contributed by atoms with Gasteiger partial charge in [-0.15, -0.1) is 22.7 Å². The average molecular weight is 281 g/mol. The molecule has 2 aromatic heterocycles. The van der Waals surface area contributed by atoms with Gasteiger partial charge in [0.15, 0.2) is 11.7 Å². The van der Waals surface area contributed by atoms with Crippen LogP contribution in [0.4, 0.5) is 5.13 Å². The monoisotopic (exact) mass is 281 g/mol. The number of carbonyl (C=O) groups is 1. The molecule has 2 N–H and O–H groups in total. The fourth-order valence-corrected chi connectivity index (χ4v) is 2.32. The summed E-state index contributed by atoms with van der Waals surface area (Å²) in [5.74, 6) is -0.267. The van der Waals surface area contributed by atoms with Gasteiger partial charge in [0.2, 0.25) is 0 Å². The number of anilines is 1. The highest BCUT2D eigenvalue weighted by molar-refractivity contribution is 7.13. The van der Waals surface area contributed by atoms with E-state index in [2.05, 4.69) is 22.4 Å². The van der Waals surface area contributed by atoms with Gasteiger partial charge in [-0.1, -0.05) is 12.6 Å². The molecule has 1 amide bonds. The van der Waals surface area contributed by atoms with Crippen molar-refractivity contribution in [2.45, 2.75) is 0 Å². The first-order valence-electron chi connectivity index (χ1n) is 5.05. The molecule has 2 rings (SSSR count). The van der Waals surface area contributed by atoms with E-state index in [0.717, 1.165) is 4.88 Å². The number of hydrogen-bond donors (Lipinski definition) is 2. The van der Waals surface area contributed by atoms with E-state index in [1.807, 2.05) is 17.5 Å². The van der Waals surface area contributed by atoms with Crippen LogP contribution in [0.25, 0.3) is 5.70 Å². The molecule has 7 heteroatoms. The van der Waals surface area contributed by atoms with E-state index in [1.54, 1.807) is 22.9 Å². The Morgan fingerprint density at radius 2 is 2.33 bits per heavy atom. The van der Waals surface area contributed by atoms with Crippen LogP contribution in [0, 0.1) is 0 Å². The summed E-state index contributed by atoms with van der Waals surface area (Å²) in [6.07, 6.45) is 1.62. The first-order valence-corrected chi connectivity index (χ1v) is 6.81. The molecule has 94 valence electrons. The maximum Gasteiger partial charge on any atom is 0.254 e. The number of hydroxylamine groups is 1. The van der Waals surface area contributed by atoms with Gasteiger partial charge in [0.1, 0.15) is 0 Å². The number of thiophene rings is 1. The van der Waals surface area contributed by atoms with Crippen molar-refractivity contribution < 1.29 is 9.63 Å². The molecule has 0 aliphatic rings. The smallest absolute Gasteiger partial charge is 0.254 e. The zero-order chi connectivity index (χ0) is 12.8. The summed E-state index contributed by atoms with van der Waals surface area (Å²) in [6, 6.07) is 3.83. The predicted molar refractivity (Wildman–Crippen MR) is 73.2 cm³/mol. The third kappa shape index (κ3) is 3.66. The number of hydrogen-bond acceptors (Lipinski definition) is 6. The molecule has 0 radical (unpaired) electrons. The molecule has 2 heterocycles. The molecular weight excluding hydrogens is 270 g/mol. The zero-order valence-electron chi connectivity index (χ0n) is 9.38. The molecular formula is C11H11N3O2S2. The number of aromatic nitrogens is 1. The summed E-state index contributed by atoms with van der Waals surface area (Å²) in [5, 5.41) is 6.89. The lowest BCUT2D eigenvalue weighted by atomic mass is 10.4. The highest BCUT2D eigenvalue weighted by atomic mass is 32.1. The molecule has 0 spiro atoms. The SMILES string of the molecule is C=C(NOCC(=O)Nc1nccs1)c1cccs1. The highest BCUT2D eigenvalue weighted by Gasteiger charge is 2.05. The van der Waals surface area contributed by atoms with Crippen molar-refractivity contribution in [3.05, 3.63) is 40.5 Å². The summed E-state index contributed by atoms with van der Waals surface area (Å²) < 4.78 is 0. The molecule has 0 aliphatic carbocycles. The van der Waals surface area contributed by atoms with Crippen LogP contribution in [0.1, 0.15) is 4.88 Å². The maximum absolute atomic E-state index is 11.4. The van der Waals surface area contributed by atoms with E-state index in [1.165, 1.54) is 11.3 Å². The van der Waals surface area contributed by atoms with E-state index < -0.39 is 0 Å². The second-order valence-electron chi connectivity index (χ2n) is 3.23. The molecule has 2 aromatic rings. The summed E-state index contributed by atoms with van der Waals surface area (Å²) in [7, 11) is 0. The van der Waals surface area contributed by atoms with Gasteiger partial charge in [-0.05, 0) is 11.4 Å². The van der Waals surface area contributed by atoms with Gasteiger partial charge in [0.25, 0.3) is 5.91 Å². The van der Waals surface area contributed by atoms with Crippen molar-refractivity contribution in [1.82, 2.24) is 10.5 Å². The third-order valence-corrected chi connectivity index (χ3v) is 3.51. The van der Waals surface area contributed by atoms with Crippen LogP contribution in [-0.4, -0.2) is 17.5 Å². The van der Waals surface area contributed by atoms with Gasteiger partial charge in [0.05, 0.1) is 10.6 Å². The Labute approximate surface area is 112 Å². The molecule has 0 aliphatic heterocycles. The minimum atomic E-state index is -0.267. The largest absolute Gasteiger partial charge is 0.300 e. The summed E-state index contributed by atoms with van der Waals surface area (Å²) in [4.78, 5) is 21.4. The van der Waals surface area contributed by atoms with Crippen LogP contribution in [0.15, 0.2) is 35.7 Å². The van der Waals surface area contributed by atoms with Crippen molar-refractivity contribution in [3.63, 3.8) is 0 Å². The summed E-state index contributed by atoms with van der Waals surface area (Å²) in [5.41, 5.74) is 3.27. The van der Waals surface area contributed by atoms with Gasteiger partial charge < -0.3 is 0 Å². The lowest BCUT2D eigenvalue weighted by molar-refractivity contribution is -0.122. The van der Waals surface area contributed by atoms with Gasteiger partial charge >= 0.3 is 0 Å². The van der Waals surface area contributed by atoms with Crippen LogP contribution in [-0.2, 0) is 9.63 Å². The van der Waals surface area contributed by atoms with E-state index >= 15 is 0 Å². The Bertz CT molecular complexity index is 508. The topological polar surface area (TPSA) is 63.2 Å². The Balaban J connectivity index is 1.69. The van der Waals surface area contributed by atoms with Crippen LogP contribution in [0.2, 0.25) is 0 Å². The fourth-order valence-electron chi connectivity index (χ4n) is 1.13. The first-order chi connectivity index (χ1) is 8.75. The number of rotatable bonds is 6. The summed E-state index contributed by atoms with van der Waals surface area (Å²) in [6.45, 7) is 3.69. The van der Waals surface area contributed by atoms with Crippen LogP contribution in [0.3, 0.4) is 0 Å². The first kappa shape index (κ1) is 12.7. The third-order valence-electron chi connectivity index (χ3n) is 1.90. The molecule has 0 saturated carbocycles. The maximum atomic E-state index is 11.4. The molecule has 0 aromatic carbocycles. The number of thiazole rings is 1. The Hall–Kier alpha value is -1.70. The van der Waals surface area contributed by atoms with Gasteiger partial charge in [-0.25, -0.2) is 4.98 Å². The minimum Gasteiger partial charge on any atom is -0.300 e. The molecule has 5 nitrogen and oxygen atoms in total. The average Bonchev–Trinajstić information content (AvgIpc) is 3.00.